The maximum Gasteiger partial charge on any atom is 0.288 e. The van der Waals surface area contributed by atoms with Crippen molar-refractivity contribution >= 4 is 21.8 Å². The van der Waals surface area contributed by atoms with Gasteiger partial charge >= 0.3 is 0 Å². The van der Waals surface area contributed by atoms with Gasteiger partial charge in [0, 0.05) is 29.9 Å². The van der Waals surface area contributed by atoms with E-state index in [2.05, 4.69) is 28.1 Å². The van der Waals surface area contributed by atoms with Crippen molar-refractivity contribution in [1.82, 2.24) is 4.90 Å². The van der Waals surface area contributed by atoms with E-state index in [4.69, 9.17) is 9.47 Å². The van der Waals surface area contributed by atoms with Crippen LogP contribution in [0.2, 0.25) is 0 Å². The smallest absolute Gasteiger partial charge is 0.288 e. The molecular formula is C24H26BrNO4. The van der Waals surface area contributed by atoms with Crippen LogP contribution < -0.4 is 0 Å². The third-order valence-corrected chi connectivity index (χ3v) is 6.13. The van der Waals surface area contributed by atoms with E-state index in [0.717, 1.165) is 47.1 Å². The molecule has 0 spiro atoms. The van der Waals surface area contributed by atoms with Crippen LogP contribution in [0.1, 0.15) is 41.9 Å². The van der Waals surface area contributed by atoms with Gasteiger partial charge in [0.2, 0.25) is 6.29 Å². The first-order chi connectivity index (χ1) is 14.6. The van der Waals surface area contributed by atoms with E-state index in [1.54, 1.807) is 0 Å². The maximum absolute atomic E-state index is 13.0. The minimum absolute atomic E-state index is 0.0223. The molecule has 5 nitrogen and oxygen atoms in total. The zero-order chi connectivity index (χ0) is 20.9. The number of nitrogens with zero attached hydrogens (tertiary/aromatic N) is 1. The van der Waals surface area contributed by atoms with E-state index in [-0.39, 0.29) is 18.4 Å². The number of carbonyl (C=O) groups excluding carboxylic acids is 1. The number of ether oxygens (including phenoxy) is 2. The molecule has 1 fully saturated rings. The number of carbonyl (C=O) groups is 1. The second-order valence-electron chi connectivity index (χ2n) is 7.76. The van der Waals surface area contributed by atoms with Crippen LogP contribution >= 0.6 is 15.9 Å². The summed E-state index contributed by atoms with van der Waals surface area (Å²) in [5, 5.41) is 9.19. The molecule has 2 aromatic carbocycles. The first-order valence-electron chi connectivity index (χ1n) is 10.4. The number of hydrogen-bond acceptors (Lipinski definition) is 4. The Labute approximate surface area is 185 Å². The molecule has 2 aliphatic rings. The number of hydrogen-bond donors (Lipinski definition) is 1. The third kappa shape index (κ3) is 5.12. The molecule has 0 aromatic heterocycles. The zero-order valence-corrected chi connectivity index (χ0v) is 18.4. The van der Waals surface area contributed by atoms with E-state index in [9.17, 15) is 9.90 Å². The minimum atomic E-state index is -0.497. The van der Waals surface area contributed by atoms with Gasteiger partial charge in [0.05, 0.1) is 13.2 Å². The molecule has 0 radical (unpaired) electrons. The molecule has 0 bridgehead atoms. The van der Waals surface area contributed by atoms with Gasteiger partial charge in [-0.2, -0.15) is 0 Å². The first-order valence-corrected chi connectivity index (χ1v) is 11.1. The quantitative estimate of drug-likeness (QED) is 0.673. The average molecular weight is 472 g/mol. The summed E-state index contributed by atoms with van der Waals surface area (Å²) in [5.41, 5.74) is 3.00. The summed E-state index contributed by atoms with van der Waals surface area (Å²) in [6.07, 6.45) is 4.17. The second kappa shape index (κ2) is 9.77. The lowest BCUT2D eigenvalue weighted by Crippen LogP contribution is -2.34. The number of aliphatic hydroxyl groups is 1. The zero-order valence-electron chi connectivity index (χ0n) is 16.8. The van der Waals surface area contributed by atoms with Crippen LogP contribution in [0.3, 0.4) is 0 Å². The molecule has 1 saturated heterocycles. The highest BCUT2D eigenvalue weighted by Crippen LogP contribution is 2.33. The van der Waals surface area contributed by atoms with Crippen LogP contribution in [0.5, 0.6) is 0 Å². The van der Waals surface area contributed by atoms with Crippen molar-refractivity contribution in [3.63, 3.8) is 0 Å². The second-order valence-corrected chi connectivity index (χ2v) is 8.67. The van der Waals surface area contributed by atoms with Crippen molar-refractivity contribution in [3.05, 3.63) is 81.5 Å². The summed E-state index contributed by atoms with van der Waals surface area (Å²) in [4.78, 5) is 14.8. The molecular weight excluding hydrogens is 446 g/mol. The van der Waals surface area contributed by atoms with Crippen molar-refractivity contribution in [2.45, 2.75) is 44.7 Å². The predicted octanol–water partition coefficient (Wildman–Crippen LogP) is 4.49. The van der Waals surface area contributed by atoms with Gasteiger partial charge in [0.15, 0.2) is 5.76 Å². The number of allylic oxidation sites excluding steroid dienone is 1. The lowest BCUT2D eigenvalue weighted by Gasteiger charge is -2.31. The van der Waals surface area contributed by atoms with Crippen molar-refractivity contribution in [3.8, 4) is 0 Å². The third-order valence-electron chi connectivity index (χ3n) is 5.60. The van der Waals surface area contributed by atoms with Gasteiger partial charge in [-0.05, 0) is 47.7 Å². The molecule has 2 heterocycles. The minimum Gasteiger partial charge on any atom is -0.459 e. The van der Waals surface area contributed by atoms with E-state index in [1.807, 2.05) is 47.4 Å². The Morgan fingerprint density at radius 1 is 1.07 bits per heavy atom. The molecule has 30 heavy (non-hydrogen) atoms. The number of likely N-dealkylation sites (tertiary alicyclic amines) is 1. The summed E-state index contributed by atoms with van der Waals surface area (Å²) >= 11 is 3.48. The first kappa shape index (κ1) is 21.1. The number of halogens is 1. The number of benzene rings is 2. The van der Waals surface area contributed by atoms with Gasteiger partial charge in [-0.25, -0.2) is 0 Å². The largest absolute Gasteiger partial charge is 0.459 e. The van der Waals surface area contributed by atoms with Crippen LogP contribution in [0, 0.1) is 0 Å². The normalized spacial score (nSPS) is 21.3. The topological polar surface area (TPSA) is 59.0 Å². The summed E-state index contributed by atoms with van der Waals surface area (Å²) in [7, 11) is 0. The fraction of sp³-hybridized carbons (Fsp3) is 0.375. The fourth-order valence-corrected chi connectivity index (χ4v) is 4.12. The van der Waals surface area contributed by atoms with Crippen molar-refractivity contribution < 1.29 is 19.4 Å². The Bertz CT molecular complexity index is 888. The molecule has 1 N–H and O–H groups in total. The monoisotopic (exact) mass is 471 g/mol. The Morgan fingerprint density at radius 2 is 1.73 bits per heavy atom. The standard InChI is InChI=1S/C24H26BrNO4/c25-21-9-7-19(8-10-21)20-13-22(24(28)26-11-1-2-12-26)30-23(14-20)29-16-18-5-3-17(15-27)4-6-18/h3-10,13,20,23,27H,1-2,11-12,14-16H2/t20-,23+/m1/s1. The molecule has 6 heteroatoms. The predicted molar refractivity (Wildman–Crippen MR) is 117 cm³/mol. The Balaban J connectivity index is 1.49. The Morgan fingerprint density at radius 3 is 2.40 bits per heavy atom. The summed E-state index contributed by atoms with van der Waals surface area (Å²) in [6, 6.07) is 15.8. The van der Waals surface area contributed by atoms with E-state index in [1.165, 1.54) is 0 Å². The SMILES string of the molecule is O=C(C1=C[C@@H](c2ccc(Br)cc2)C[C@@H](OCc2ccc(CO)cc2)O1)N1CCCC1. The number of aliphatic hydroxyl groups excluding tert-OH is 1. The van der Waals surface area contributed by atoms with Gasteiger partial charge in [-0.1, -0.05) is 52.3 Å². The van der Waals surface area contributed by atoms with Gasteiger partial charge in [-0.3, -0.25) is 4.79 Å². The summed E-state index contributed by atoms with van der Waals surface area (Å²) in [5.74, 6) is 0.391. The molecule has 4 rings (SSSR count). The van der Waals surface area contributed by atoms with Crippen LogP contribution in [-0.4, -0.2) is 35.3 Å². The van der Waals surface area contributed by atoms with Gasteiger partial charge in [0.25, 0.3) is 5.91 Å². The fourth-order valence-electron chi connectivity index (χ4n) is 3.86. The molecule has 0 aliphatic carbocycles. The van der Waals surface area contributed by atoms with Crippen molar-refractivity contribution in [2.24, 2.45) is 0 Å². The Hall–Kier alpha value is -2.15. The van der Waals surface area contributed by atoms with E-state index >= 15 is 0 Å². The highest BCUT2D eigenvalue weighted by atomic mass is 79.9. The van der Waals surface area contributed by atoms with Crippen LogP contribution in [-0.2, 0) is 27.5 Å². The molecule has 1 amide bonds. The van der Waals surface area contributed by atoms with E-state index in [0.29, 0.717) is 18.8 Å². The molecule has 2 aliphatic heterocycles. The van der Waals surface area contributed by atoms with Crippen molar-refractivity contribution in [1.29, 1.82) is 0 Å². The molecule has 0 unspecified atom stereocenters. The van der Waals surface area contributed by atoms with Gasteiger partial charge < -0.3 is 19.5 Å². The molecule has 158 valence electrons. The van der Waals surface area contributed by atoms with Crippen LogP contribution in [0.25, 0.3) is 0 Å². The highest BCUT2D eigenvalue weighted by molar-refractivity contribution is 9.10. The lowest BCUT2D eigenvalue weighted by molar-refractivity contribution is -0.155. The molecule has 2 atom stereocenters. The number of amides is 1. The Kier molecular flexibility index (Phi) is 6.87. The van der Waals surface area contributed by atoms with Gasteiger partial charge in [-0.15, -0.1) is 0 Å². The molecule has 2 aromatic rings. The van der Waals surface area contributed by atoms with Crippen LogP contribution in [0.15, 0.2) is 64.8 Å². The van der Waals surface area contributed by atoms with Crippen LogP contribution in [0.4, 0.5) is 0 Å². The summed E-state index contributed by atoms with van der Waals surface area (Å²) in [6.45, 7) is 1.97. The summed E-state index contributed by atoms with van der Waals surface area (Å²) < 4.78 is 13.1. The number of rotatable bonds is 6. The maximum atomic E-state index is 13.0. The van der Waals surface area contributed by atoms with Gasteiger partial charge in [0.1, 0.15) is 0 Å². The van der Waals surface area contributed by atoms with Crippen molar-refractivity contribution in [2.75, 3.05) is 13.1 Å². The van der Waals surface area contributed by atoms with E-state index < -0.39 is 6.29 Å². The average Bonchev–Trinajstić information content (AvgIpc) is 3.33. The lowest BCUT2D eigenvalue weighted by atomic mass is 9.93. The molecule has 0 saturated carbocycles. The highest BCUT2D eigenvalue weighted by Gasteiger charge is 2.31.